The van der Waals surface area contributed by atoms with Gasteiger partial charge < -0.3 is 4.74 Å². The minimum absolute atomic E-state index is 0.170. The van der Waals surface area contributed by atoms with Gasteiger partial charge in [0.1, 0.15) is 11.6 Å². The highest BCUT2D eigenvalue weighted by Gasteiger charge is 2.02. The first-order chi connectivity index (χ1) is 11.7. The van der Waals surface area contributed by atoms with Crippen molar-refractivity contribution in [2.24, 2.45) is 0 Å². The number of halogens is 1. The second kappa shape index (κ2) is 10.2. The van der Waals surface area contributed by atoms with Gasteiger partial charge >= 0.3 is 0 Å². The number of benzene rings is 2. The molecule has 0 saturated carbocycles. The Hall–Kier alpha value is -1.74. The number of hydrogen-bond acceptors (Lipinski definition) is 2. The third-order valence-electron chi connectivity index (χ3n) is 3.99. The number of hydrogen-bond donors (Lipinski definition) is 0. The normalized spacial score (nSPS) is 10.6. The van der Waals surface area contributed by atoms with Crippen molar-refractivity contribution in [1.29, 1.82) is 0 Å². The third kappa shape index (κ3) is 6.04. The molecule has 0 unspecified atom stereocenters. The fourth-order valence-electron chi connectivity index (χ4n) is 2.62. The lowest BCUT2D eigenvalue weighted by Gasteiger charge is -2.08. The maximum atomic E-state index is 13.3. The number of aryl methyl sites for hydroxylation is 1. The van der Waals surface area contributed by atoms with Gasteiger partial charge in [0, 0.05) is 4.90 Å². The van der Waals surface area contributed by atoms with Crippen molar-refractivity contribution >= 4 is 17.8 Å². The van der Waals surface area contributed by atoms with Crippen LogP contribution in [0.2, 0.25) is 0 Å². The van der Waals surface area contributed by atoms with Gasteiger partial charge in [0.25, 0.3) is 0 Å². The predicted molar refractivity (Wildman–Crippen MR) is 102 cm³/mol. The van der Waals surface area contributed by atoms with E-state index in [4.69, 9.17) is 4.74 Å². The smallest absolute Gasteiger partial charge is 0.123 e. The van der Waals surface area contributed by atoms with E-state index in [0.29, 0.717) is 0 Å². The quantitative estimate of drug-likeness (QED) is 0.366. The Morgan fingerprint density at radius 1 is 1.04 bits per heavy atom. The van der Waals surface area contributed by atoms with Crippen LogP contribution in [-0.4, -0.2) is 12.9 Å². The molecular formula is C21H25FOS. The van der Waals surface area contributed by atoms with Gasteiger partial charge in [-0.05, 0) is 73.0 Å². The van der Waals surface area contributed by atoms with Crippen LogP contribution in [0.4, 0.5) is 4.39 Å². The van der Waals surface area contributed by atoms with Crippen LogP contribution >= 0.6 is 11.8 Å². The van der Waals surface area contributed by atoms with Crippen molar-refractivity contribution in [1.82, 2.24) is 0 Å². The Morgan fingerprint density at radius 3 is 2.50 bits per heavy atom. The van der Waals surface area contributed by atoms with Crippen LogP contribution in [0.3, 0.4) is 0 Å². The molecule has 2 aromatic rings. The van der Waals surface area contributed by atoms with Crippen molar-refractivity contribution in [2.45, 2.75) is 37.0 Å². The number of rotatable bonds is 10. The van der Waals surface area contributed by atoms with Gasteiger partial charge in [0.15, 0.2) is 0 Å². The summed E-state index contributed by atoms with van der Waals surface area (Å²) >= 11 is 1.73. The van der Waals surface area contributed by atoms with E-state index >= 15 is 0 Å². The molecule has 0 bridgehead atoms. The Kier molecular flexibility index (Phi) is 7.90. The molecule has 3 heteroatoms. The molecule has 0 aliphatic carbocycles. The summed E-state index contributed by atoms with van der Waals surface area (Å²) in [6.07, 6.45) is 9.12. The van der Waals surface area contributed by atoms with E-state index in [2.05, 4.69) is 25.0 Å². The van der Waals surface area contributed by atoms with Gasteiger partial charge in [-0.2, -0.15) is 0 Å². The Morgan fingerprint density at radius 2 is 1.79 bits per heavy atom. The molecule has 2 rings (SSSR count). The lowest BCUT2D eigenvalue weighted by atomic mass is 10.0. The molecule has 0 aliphatic rings. The van der Waals surface area contributed by atoms with Gasteiger partial charge in [-0.25, -0.2) is 4.39 Å². The van der Waals surface area contributed by atoms with E-state index in [1.807, 2.05) is 12.1 Å². The molecule has 0 radical (unpaired) electrons. The molecule has 0 heterocycles. The highest BCUT2D eigenvalue weighted by molar-refractivity contribution is 7.98. The second-order valence-electron chi connectivity index (χ2n) is 5.74. The number of thioether (sulfide) groups is 1. The number of unbranched alkanes of at least 4 members (excludes halogenated alkanes) is 3. The standard InChI is InChI=1S/C21H25FOS/c1-3-17-9-10-19(22)16-18(17)8-6-4-5-7-15-23-20-11-13-21(24-2)14-12-20/h3,9-14,16H,1,4-8,15H2,2H3. The van der Waals surface area contributed by atoms with E-state index in [1.165, 1.54) is 11.0 Å². The van der Waals surface area contributed by atoms with Crippen LogP contribution in [0.1, 0.15) is 36.8 Å². The molecule has 0 aliphatic heterocycles. The maximum absolute atomic E-state index is 13.3. The molecule has 0 fully saturated rings. The van der Waals surface area contributed by atoms with Crippen molar-refractivity contribution in [2.75, 3.05) is 12.9 Å². The Balaban J connectivity index is 1.61. The maximum Gasteiger partial charge on any atom is 0.123 e. The summed E-state index contributed by atoms with van der Waals surface area (Å²) in [6, 6.07) is 13.1. The van der Waals surface area contributed by atoms with Crippen LogP contribution < -0.4 is 4.74 Å². The van der Waals surface area contributed by atoms with E-state index < -0.39 is 0 Å². The molecule has 24 heavy (non-hydrogen) atoms. The van der Waals surface area contributed by atoms with Crippen LogP contribution in [0.15, 0.2) is 53.9 Å². The second-order valence-corrected chi connectivity index (χ2v) is 6.62. The van der Waals surface area contributed by atoms with Gasteiger partial charge in [0.2, 0.25) is 0 Å². The average Bonchev–Trinajstić information content (AvgIpc) is 2.61. The molecule has 0 spiro atoms. The topological polar surface area (TPSA) is 9.23 Å². The lowest BCUT2D eigenvalue weighted by Crippen LogP contribution is -1.97. The van der Waals surface area contributed by atoms with Crippen molar-refractivity contribution in [3.63, 3.8) is 0 Å². The lowest BCUT2D eigenvalue weighted by molar-refractivity contribution is 0.304. The Labute approximate surface area is 148 Å². The first kappa shape index (κ1) is 18.6. The van der Waals surface area contributed by atoms with Crippen LogP contribution in [0, 0.1) is 5.82 Å². The van der Waals surface area contributed by atoms with Gasteiger partial charge in [-0.3, -0.25) is 0 Å². The average molecular weight is 344 g/mol. The van der Waals surface area contributed by atoms with Crippen molar-refractivity contribution in [3.8, 4) is 5.75 Å². The van der Waals surface area contributed by atoms with Crippen molar-refractivity contribution < 1.29 is 9.13 Å². The molecule has 0 amide bonds. The summed E-state index contributed by atoms with van der Waals surface area (Å²) in [5.41, 5.74) is 2.09. The van der Waals surface area contributed by atoms with Gasteiger partial charge in [-0.15, -0.1) is 11.8 Å². The zero-order valence-corrected chi connectivity index (χ0v) is 15.1. The fourth-order valence-corrected chi connectivity index (χ4v) is 3.03. The molecular weight excluding hydrogens is 319 g/mol. The van der Waals surface area contributed by atoms with Crippen LogP contribution in [0.5, 0.6) is 5.75 Å². The van der Waals surface area contributed by atoms with E-state index in [9.17, 15) is 4.39 Å². The summed E-state index contributed by atoms with van der Waals surface area (Å²) < 4.78 is 19.1. The predicted octanol–water partition coefficient (Wildman–Crippen LogP) is 6.37. The fraction of sp³-hybridized carbons (Fsp3) is 0.333. The van der Waals surface area contributed by atoms with Crippen LogP contribution in [-0.2, 0) is 6.42 Å². The van der Waals surface area contributed by atoms with E-state index in [0.717, 1.165) is 55.6 Å². The molecule has 2 aromatic carbocycles. The van der Waals surface area contributed by atoms with Gasteiger partial charge in [0.05, 0.1) is 6.61 Å². The van der Waals surface area contributed by atoms with E-state index in [-0.39, 0.29) is 5.82 Å². The molecule has 0 aromatic heterocycles. The SMILES string of the molecule is C=Cc1ccc(F)cc1CCCCCCOc1ccc(SC)cc1. The summed E-state index contributed by atoms with van der Waals surface area (Å²) in [4.78, 5) is 1.25. The van der Waals surface area contributed by atoms with Crippen molar-refractivity contribution in [3.05, 3.63) is 66.0 Å². The summed E-state index contributed by atoms with van der Waals surface area (Å²) in [5.74, 6) is 0.764. The highest BCUT2D eigenvalue weighted by Crippen LogP contribution is 2.19. The summed E-state index contributed by atoms with van der Waals surface area (Å²) in [7, 11) is 0. The third-order valence-corrected chi connectivity index (χ3v) is 4.74. The van der Waals surface area contributed by atoms with Crippen LogP contribution in [0.25, 0.3) is 6.08 Å². The Bertz CT molecular complexity index is 637. The molecule has 0 atom stereocenters. The first-order valence-corrected chi connectivity index (χ1v) is 9.63. The molecule has 128 valence electrons. The molecule has 1 nitrogen and oxygen atoms in total. The molecule has 0 N–H and O–H groups in total. The largest absolute Gasteiger partial charge is 0.494 e. The zero-order valence-electron chi connectivity index (χ0n) is 14.3. The zero-order chi connectivity index (χ0) is 17.2. The minimum Gasteiger partial charge on any atom is -0.494 e. The summed E-state index contributed by atoms with van der Waals surface area (Å²) in [6.45, 7) is 4.54. The minimum atomic E-state index is -0.170. The first-order valence-electron chi connectivity index (χ1n) is 8.40. The van der Waals surface area contributed by atoms with Gasteiger partial charge in [-0.1, -0.05) is 31.6 Å². The number of ether oxygens (including phenoxy) is 1. The summed E-state index contributed by atoms with van der Waals surface area (Å²) in [5, 5.41) is 0. The highest BCUT2D eigenvalue weighted by atomic mass is 32.2. The van der Waals surface area contributed by atoms with E-state index in [1.54, 1.807) is 30.0 Å². The molecule has 0 saturated heterocycles. The monoisotopic (exact) mass is 344 g/mol.